The van der Waals surface area contributed by atoms with Gasteiger partial charge >= 0.3 is 0 Å². The van der Waals surface area contributed by atoms with E-state index in [0.29, 0.717) is 5.39 Å². The molecule has 2 aromatic rings. The molecule has 70 valence electrons. The number of aromatic nitrogens is 1. The van der Waals surface area contributed by atoms with Crippen LogP contribution in [0.15, 0.2) is 24.4 Å². The smallest absolute Gasteiger partial charge is 0.227 e. The molecule has 3 nitrogen and oxygen atoms in total. The van der Waals surface area contributed by atoms with E-state index in [4.69, 9.17) is 0 Å². The average molecular weight is 191 g/mol. The van der Waals surface area contributed by atoms with Crippen LogP contribution in [-0.4, -0.2) is 17.1 Å². The number of para-hydroxylation sites is 1. The van der Waals surface area contributed by atoms with Crippen molar-refractivity contribution in [3.63, 3.8) is 0 Å². The molecular formula is C10H6FNO2. The number of carbonyl (C=O) groups is 2. The fourth-order valence-corrected chi connectivity index (χ4v) is 1.38. The number of Topliss-reactive ketones (excluding diaryl/α,β-unsaturated/α-hetero) is 1. The SMILES string of the molecule is O=CC(=O)c1c[nH]c2c(F)cccc12. The maximum atomic E-state index is 13.1. The lowest BCUT2D eigenvalue weighted by Crippen LogP contribution is -1.97. The Balaban J connectivity index is 2.75. The summed E-state index contributed by atoms with van der Waals surface area (Å²) >= 11 is 0. The summed E-state index contributed by atoms with van der Waals surface area (Å²) in [4.78, 5) is 24.0. The van der Waals surface area contributed by atoms with Gasteiger partial charge in [-0.05, 0) is 6.07 Å². The van der Waals surface area contributed by atoms with Crippen LogP contribution in [0.4, 0.5) is 4.39 Å². The quantitative estimate of drug-likeness (QED) is 0.446. The van der Waals surface area contributed by atoms with Gasteiger partial charge in [-0.15, -0.1) is 0 Å². The van der Waals surface area contributed by atoms with Gasteiger partial charge in [-0.3, -0.25) is 9.59 Å². The molecular weight excluding hydrogens is 185 g/mol. The maximum absolute atomic E-state index is 13.1. The Kier molecular flexibility index (Phi) is 1.89. The normalized spacial score (nSPS) is 10.4. The fourth-order valence-electron chi connectivity index (χ4n) is 1.38. The van der Waals surface area contributed by atoms with Crippen molar-refractivity contribution in [2.24, 2.45) is 0 Å². The summed E-state index contributed by atoms with van der Waals surface area (Å²) < 4.78 is 13.1. The zero-order valence-corrected chi connectivity index (χ0v) is 7.08. The van der Waals surface area contributed by atoms with Crippen LogP contribution in [0.25, 0.3) is 10.9 Å². The number of aldehydes is 1. The van der Waals surface area contributed by atoms with Gasteiger partial charge in [0.15, 0.2) is 6.29 Å². The highest BCUT2D eigenvalue weighted by molar-refractivity contribution is 6.36. The number of halogens is 1. The average Bonchev–Trinajstić information content (AvgIpc) is 2.62. The number of hydrogen-bond donors (Lipinski definition) is 1. The first kappa shape index (κ1) is 8.62. The minimum Gasteiger partial charge on any atom is -0.358 e. The van der Waals surface area contributed by atoms with Gasteiger partial charge in [-0.2, -0.15) is 0 Å². The third kappa shape index (κ3) is 1.12. The molecule has 2 rings (SSSR count). The predicted octanol–water partition coefficient (Wildman–Crippen LogP) is 1.69. The Morgan fingerprint density at radius 2 is 2.21 bits per heavy atom. The number of hydrogen-bond acceptors (Lipinski definition) is 2. The first-order valence-corrected chi connectivity index (χ1v) is 3.99. The molecule has 0 aliphatic carbocycles. The molecule has 0 spiro atoms. The second-order valence-electron chi connectivity index (χ2n) is 2.85. The summed E-state index contributed by atoms with van der Waals surface area (Å²) in [5.41, 5.74) is 0.451. The number of ketones is 1. The topological polar surface area (TPSA) is 49.9 Å². The predicted molar refractivity (Wildman–Crippen MR) is 48.7 cm³/mol. The van der Waals surface area contributed by atoms with Gasteiger partial charge in [0.05, 0.1) is 11.1 Å². The Morgan fingerprint density at radius 3 is 2.93 bits per heavy atom. The molecule has 4 heteroatoms. The third-order valence-corrected chi connectivity index (χ3v) is 2.04. The Hall–Kier alpha value is -1.97. The van der Waals surface area contributed by atoms with Crippen molar-refractivity contribution in [3.8, 4) is 0 Å². The molecule has 0 fully saturated rings. The molecule has 1 aromatic carbocycles. The van der Waals surface area contributed by atoms with E-state index in [2.05, 4.69) is 4.98 Å². The number of aromatic amines is 1. The zero-order valence-electron chi connectivity index (χ0n) is 7.08. The summed E-state index contributed by atoms with van der Waals surface area (Å²) in [6.45, 7) is 0. The van der Waals surface area contributed by atoms with Gasteiger partial charge in [0.1, 0.15) is 5.82 Å². The summed E-state index contributed by atoms with van der Waals surface area (Å²) in [7, 11) is 0. The van der Waals surface area contributed by atoms with Crippen LogP contribution in [0.3, 0.4) is 0 Å². The Bertz CT molecular complexity index is 516. The molecule has 1 heterocycles. The number of H-pyrrole nitrogens is 1. The van der Waals surface area contributed by atoms with E-state index < -0.39 is 11.6 Å². The molecule has 0 unspecified atom stereocenters. The zero-order chi connectivity index (χ0) is 10.1. The van der Waals surface area contributed by atoms with Gasteiger partial charge < -0.3 is 4.98 Å². The van der Waals surface area contributed by atoms with Gasteiger partial charge in [-0.25, -0.2) is 4.39 Å². The van der Waals surface area contributed by atoms with Crippen molar-refractivity contribution in [3.05, 3.63) is 35.8 Å². The van der Waals surface area contributed by atoms with Crippen LogP contribution in [-0.2, 0) is 4.79 Å². The van der Waals surface area contributed by atoms with E-state index in [-0.39, 0.29) is 17.4 Å². The van der Waals surface area contributed by atoms with Gasteiger partial charge in [0.25, 0.3) is 0 Å². The van der Waals surface area contributed by atoms with Crippen LogP contribution >= 0.6 is 0 Å². The lowest BCUT2D eigenvalue weighted by atomic mass is 10.1. The largest absolute Gasteiger partial charge is 0.358 e. The molecule has 0 aliphatic rings. The highest BCUT2D eigenvalue weighted by atomic mass is 19.1. The van der Waals surface area contributed by atoms with Crippen LogP contribution in [0.5, 0.6) is 0 Å². The van der Waals surface area contributed by atoms with Crippen molar-refractivity contribution in [2.75, 3.05) is 0 Å². The molecule has 0 aliphatic heterocycles. The monoisotopic (exact) mass is 191 g/mol. The minimum atomic E-state index is -0.651. The second-order valence-corrected chi connectivity index (χ2v) is 2.85. The third-order valence-electron chi connectivity index (χ3n) is 2.04. The van der Waals surface area contributed by atoms with E-state index >= 15 is 0 Å². The number of carbonyl (C=O) groups excluding carboxylic acids is 2. The van der Waals surface area contributed by atoms with Crippen LogP contribution in [0.1, 0.15) is 10.4 Å². The summed E-state index contributed by atoms with van der Waals surface area (Å²) in [5, 5.41) is 0.433. The molecule has 0 saturated carbocycles. The Morgan fingerprint density at radius 1 is 1.43 bits per heavy atom. The first-order valence-electron chi connectivity index (χ1n) is 3.99. The summed E-state index contributed by atoms with van der Waals surface area (Å²) in [5.74, 6) is -1.09. The van der Waals surface area contributed by atoms with E-state index in [1.165, 1.54) is 18.3 Å². The molecule has 0 amide bonds. The minimum absolute atomic E-state index is 0.203. The van der Waals surface area contributed by atoms with Crippen molar-refractivity contribution in [2.45, 2.75) is 0 Å². The standard InChI is InChI=1S/C10H6FNO2/c11-8-3-1-2-6-7(9(14)5-13)4-12-10(6)8/h1-5,12H. The maximum Gasteiger partial charge on any atom is 0.227 e. The van der Waals surface area contributed by atoms with Gasteiger partial charge in [0, 0.05) is 11.6 Å². The van der Waals surface area contributed by atoms with E-state index in [9.17, 15) is 14.0 Å². The molecule has 1 aromatic heterocycles. The molecule has 1 N–H and O–H groups in total. The molecule has 0 saturated heterocycles. The van der Waals surface area contributed by atoms with Crippen LogP contribution < -0.4 is 0 Å². The first-order chi connectivity index (χ1) is 6.74. The number of rotatable bonds is 2. The number of fused-ring (bicyclic) bond motifs is 1. The number of benzene rings is 1. The molecule has 0 bridgehead atoms. The molecule has 0 radical (unpaired) electrons. The lowest BCUT2D eigenvalue weighted by molar-refractivity contribution is -0.104. The lowest BCUT2D eigenvalue weighted by Gasteiger charge is -1.92. The van der Waals surface area contributed by atoms with Crippen molar-refractivity contribution in [1.29, 1.82) is 0 Å². The number of nitrogens with one attached hydrogen (secondary N) is 1. The molecule has 0 atom stereocenters. The van der Waals surface area contributed by atoms with E-state index in [0.717, 1.165) is 0 Å². The highest BCUT2D eigenvalue weighted by Gasteiger charge is 2.12. The van der Waals surface area contributed by atoms with Crippen LogP contribution in [0, 0.1) is 5.82 Å². The van der Waals surface area contributed by atoms with E-state index in [1.807, 2.05) is 0 Å². The summed E-state index contributed by atoms with van der Waals surface area (Å²) in [6.07, 6.45) is 1.55. The van der Waals surface area contributed by atoms with Crippen molar-refractivity contribution >= 4 is 23.0 Å². The van der Waals surface area contributed by atoms with Crippen molar-refractivity contribution < 1.29 is 14.0 Å². The fraction of sp³-hybridized carbons (Fsp3) is 0. The van der Waals surface area contributed by atoms with Crippen LogP contribution in [0.2, 0.25) is 0 Å². The van der Waals surface area contributed by atoms with Gasteiger partial charge in [-0.1, -0.05) is 12.1 Å². The van der Waals surface area contributed by atoms with Gasteiger partial charge in [0.2, 0.25) is 5.78 Å². The van der Waals surface area contributed by atoms with Crippen molar-refractivity contribution in [1.82, 2.24) is 4.98 Å². The van der Waals surface area contributed by atoms with E-state index in [1.54, 1.807) is 6.07 Å². The highest BCUT2D eigenvalue weighted by Crippen LogP contribution is 2.20. The Labute approximate surface area is 78.5 Å². The molecule has 14 heavy (non-hydrogen) atoms. The second kappa shape index (κ2) is 3.06. The summed E-state index contributed by atoms with van der Waals surface area (Å²) in [6, 6.07) is 4.37.